The van der Waals surface area contributed by atoms with Crippen LogP contribution in [0.2, 0.25) is 5.02 Å². The standard InChI is InChI=1S/C18H18ClNO5/c1-3-24-18(22)12-4-9-16(15(19)10-12)20-17(21)11-25-14-7-5-13(23-2)6-8-14/h4-10H,3,11H2,1-2H3,(H,20,21). The van der Waals surface area contributed by atoms with Crippen molar-refractivity contribution in [3.8, 4) is 11.5 Å². The Hall–Kier alpha value is -2.73. The van der Waals surface area contributed by atoms with Crippen LogP contribution in [-0.4, -0.2) is 32.2 Å². The molecule has 0 saturated carbocycles. The van der Waals surface area contributed by atoms with E-state index >= 15 is 0 Å². The predicted octanol–water partition coefficient (Wildman–Crippen LogP) is 3.54. The number of hydrogen-bond acceptors (Lipinski definition) is 5. The van der Waals surface area contributed by atoms with Crippen molar-refractivity contribution in [1.82, 2.24) is 0 Å². The monoisotopic (exact) mass is 363 g/mol. The second-order valence-corrected chi connectivity index (χ2v) is 5.33. The first-order valence-corrected chi connectivity index (χ1v) is 7.94. The Balaban J connectivity index is 1.92. The Bertz CT molecular complexity index is 746. The first-order chi connectivity index (χ1) is 12.0. The number of benzene rings is 2. The number of anilines is 1. The summed E-state index contributed by atoms with van der Waals surface area (Å²) in [7, 11) is 1.57. The molecule has 1 N–H and O–H groups in total. The molecular weight excluding hydrogens is 346 g/mol. The van der Waals surface area contributed by atoms with Gasteiger partial charge in [0.1, 0.15) is 11.5 Å². The molecule has 0 aliphatic heterocycles. The summed E-state index contributed by atoms with van der Waals surface area (Å²) < 4.78 is 15.3. The molecule has 2 aromatic rings. The molecule has 0 aliphatic carbocycles. The van der Waals surface area contributed by atoms with Gasteiger partial charge >= 0.3 is 5.97 Å². The summed E-state index contributed by atoms with van der Waals surface area (Å²) in [5.74, 6) is 0.400. The third kappa shape index (κ3) is 5.39. The molecule has 6 nitrogen and oxygen atoms in total. The fourth-order valence-corrected chi connectivity index (χ4v) is 2.19. The van der Waals surface area contributed by atoms with E-state index in [9.17, 15) is 9.59 Å². The fraction of sp³-hybridized carbons (Fsp3) is 0.222. The third-order valence-electron chi connectivity index (χ3n) is 3.18. The molecule has 0 aliphatic rings. The molecule has 25 heavy (non-hydrogen) atoms. The van der Waals surface area contributed by atoms with Gasteiger partial charge in [-0.15, -0.1) is 0 Å². The molecule has 0 spiro atoms. The lowest BCUT2D eigenvalue weighted by atomic mass is 10.2. The Kier molecular flexibility index (Phi) is 6.65. The van der Waals surface area contributed by atoms with Crippen LogP contribution >= 0.6 is 11.6 Å². The molecule has 7 heteroatoms. The summed E-state index contributed by atoms with van der Waals surface area (Å²) in [6.07, 6.45) is 0. The lowest BCUT2D eigenvalue weighted by molar-refractivity contribution is -0.118. The van der Waals surface area contributed by atoms with Crippen molar-refractivity contribution in [3.05, 3.63) is 53.1 Å². The van der Waals surface area contributed by atoms with Gasteiger partial charge in [-0.2, -0.15) is 0 Å². The van der Waals surface area contributed by atoms with Gasteiger partial charge in [0.05, 0.1) is 30.0 Å². The summed E-state index contributed by atoms with van der Waals surface area (Å²) in [6.45, 7) is 1.82. The maximum Gasteiger partial charge on any atom is 0.338 e. The van der Waals surface area contributed by atoms with Crippen LogP contribution in [0.5, 0.6) is 11.5 Å². The third-order valence-corrected chi connectivity index (χ3v) is 3.50. The van der Waals surface area contributed by atoms with Crippen molar-refractivity contribution in [2.75, 3.05) is 25.6 Å². The number of methoxy groups -OCH3 is 1. The first-order valence-electron chi connectivity index (χ1n) is 7.57. The van der Waals surface area contributed by atoms with E-state index in [4.69, 9.17) is 25.8 Å². The highest BCUT2D eigenvalue weighted by Gasteiger charge is 2.11. The van der Waals surface area contributed by atoms with Crippen LogP contribution < -0.4 is 14.8 Å². The van der Waals surface area contributed by atoms with Gasteiger partial charge < -0.3 is 19.5 Å². The highest BCUT2D eigenvalue weighted by molar-refractivity contribution is 6.34. The second kappa shape index (κ2) is 8.94. The van der Waals surface area contributed by atoms with E-state index in [0.29, 0.717) is 22.7 Å². The fourth-order valence-electron chi connectivity index (χ4n) is 1.96. The zero-order valence-corrected chi connectivity index (χ0v) is 14.6. The maximum absolute atomic E-state index is 12.0. The molecule has 0 fully saturated rings. The van der Waals surface area contributed by atoms with Crippen LogP contribution in [0.15, 0.2) is 42.5 Å². The van der Waals surface area contributed by atoms with Gasteiger partial charge in [-0.05, 0) is 49.4 Å². The number of esters is 1. The highest BCUT2D eigenvalue weighted by atomic mass is 35.5. The molecule has 2 aromatic carbocycles. The topological polar surface area (TPSA) is 73.9 Å². The number of carbonyl (C=O) groups excluding carboxylic acids is 2. The average molecular weight is 364 g/mol. The van der Waals surface area contributed by atoms with E-state index in [2.05, 4.69) is 5.32 Å². The summed E-state index contributed by atoms with van der Waals surface area (Å²) in [5.41, 5.74) is 0.706. The van der Waals surface area contributed by atoms with Crippen LogP contribution in [-0.2, 0) is 9.53 Å². The summed E-state index contributed by atoms with van der Waals surface area (Å²) in [6, 6.07) is 11.4. The van der Waals surface area contributed by atoms with Crippen LogP contribution in [0.4, 0.5) is 5.69 Å². The number of carbonyl (C=O) groups is 2. The molecule has 0 aromatic heterocycles. The number of rotatable bonds is 7. The molecule has 0 bridgehead atoms. The quantitative estimate of drug-likeness (QED) is 0.761. The average Bonchev–Trinajstić information content (AvgIpc) is 2.62. The van der Waals surface area contributed by atoms with Crippen LogP contribution in [0, 0.1) is 0 Å². The maximum atomic E-state index is 12.0. The lowest BCUT2D eigenvalue weighted by Gasteiger charge is -2.10. The zero-order chi connectivity index (χ0) is 18.2. The molecule has 0 atom stereocenters. The van der Waals surface area contributed by atoms with Crippen molar-refractivity contribution < 1.29 is 23.8 Å². The molecule has 2 rings (SSSR count). The summed E-state index contributed by atoms with van der Waals surface area (Å²) in [5, 5.41) is 2.87. The summed E-state index contributed by atoms with van der Waals surface area (Å²) >= 11 is 6.09. The molecule has 0 heterocycles. The Morgan fingerprint density at radius 2 is 1.76 bits per heavy atom. The van der Waals surface area contributed by atoms with Gasteiger partial charge in [0.2, 0.25) is 0 Å². The molecular formula is C18H18ClNO5. The van der Waals surface area contributed by atoms with E-state index < -0.39 is 5.97 Å². The van der Waals surface area contributed by atoms with Crippen LogP contribution in [0.3, 0.4) is 0 Å². The Morgan fingerprint density at radius 1 is 1.08 bits per heavy atom. The molecule has 0 radical (unpaired) electrons. The zero-order valence-electron chi connectivity index (χ0n) is 13.9. The van der Waals surface area contributed by atoms with E-state index in [1.165, 1.54) is 12.1 Å². The van der Waals surface area contributed by atoms with E-state index in [1.54, 1.807) is 44.4 Å². The number of nitrogens with one attached hydrogen (secondary N) is 1. The van der Waals surface area contributed by atoms with E-state index in [0.717, 1.165) is 0 Å². The highest BCUT2D eigenvalue weighted by Crippen LogP contribution is 2.23. The van der Waals surface area contributed by atoms with Crippen LogP contribution in [0.25, 0.3) is 0 Å². The largest absolute Gasteiger partial charge is 0.497 e. The molecule has 1 amide bonds. The second-order valence-electron chi connectivity index (χ2n) is 4.93. The van der Waals surface area contributed by atoms with Gasteiger partial charge in [-0.1, -0.05) is 11.6 Å². The first kappa shape index (κ1) is 18.6. The number of hydrogen-bond donors (Lipinski definition) is 1. The number of ether oxygens (including phenoxy) is 3. The predicted molar refractivity (Wildman–Crippen MR) is 94.5 cm³/mol. The molecule has 0 unspecified atom stereocenters. The number of amides is 1. The minimum atomic E-state index is -0.467. The normalized spacial score (nSPS) is 10.0. The smallest absolute Gasteiger partial charge is 0.338 e. The van der Waals surface area contributed by atoms with E-state index in [-0.39, 0.29) is 24.1 Å². The van der Waals surface area contributed by atoms with Crippen molar-refractivity contribution in [2.45, 2.75) is 6.92 Å². The summed E-state index contributed by atoms with van der Waals surface area (Å²) in [4.78, 5) is 23.6. The van der Waals surface area contributed by atoms with Gasteiger partial charge in [-0.3, -0.25) is 4.79 Å². The van der Waals surface area contributed by atoms with Crippen molar-refractivity contribution in [2.24, 2.45) is 0 Å². The van der Waals surface area contributed by atoms with Crippen LogP contribution in [0.1, 0.15) is 17.3 Å². The minimum absolute atomic E-state index is 0.178. The van der Waals surface area contributed by atoms with Gasteiger partial charge in [-0.25, -0.2) is 4.79 Å². The van der Waals surface area contributed by atoms with Gasteiger partial charge in [0, 0.05) is 0 Å². The minimum Gasteiger partial charge on any atom is -0.497 e. The number of halogens is 1. The van der Waals surface area contributed by atoms with Crippen molar-refractivity contribution in [3.63, 3.8) is 0 Å². The van der Waals surface area contributed by atoms with Gasteiger partial charge in [0.25, 0.3) is 5.91 Å². The SMILES string of the molecule is CCOC(=O)c1ccc(NC(=O)COc2ccc(OC)cc2)c(Cl)c1. The van der Waals surface area contributed by atoms with Gasteiger partial charge in [0.15, 0.2) is 6.61 Å². The van der Waals surface area contributed by atoms with E-state index in [1.807, 2.05) is 0 Å². The lowest BCUT2D eigenvalue weighted by Crippen LogP contribution is -2.20. The Labute approximate surface area is 150 Å². The van der Waals surface area contributed by atoms with Crippen molar-refractivity contribution in [1.29, 1.82) is 0 Å². The molecule has 132 valence electrons. The molecule has 0 saturated heterocycles. The van der Waals surface area contributed by atoms with Crippen molar-refractivity contribution >= 4 is 29.2 Å². The Morgan fingerprint density at radius 3 is 2.36 bits per heavy atom.